The summed E-state index contributed by atoms with van der Waals surface area (Å²) < 4.78 is 27.8. The van der Waals surface area contributed by atoms with Gasteiger partial charge in [-0.2, -0.15) is 4.31 Å². The number of anilines is 2. The molecule has 2 amide bonds. The quantitative estimate of drug-likeness (QED) is 0.705. The highest BCUT2D eigenvalue weighted by Crippen LogP contribution is 2.37. The first-order valence-electron chi connectivity index (χ1n) is 10.6. The van der Waals surface area contributed by atoms with Crippen molar-refractivity contribution >= 4 is 45.0 Å². The van der Waals surface area contributed by atoms with Crippen molar-refractivity contribution in [3.63, 3.8) is 0 Å². The van der Waals surface area contributed by atoms with Gasteiger partial charge in [-0.3, -0.25) is 9.59 Å². The van der Waals surface area contributed by atoms with Crippen LogP contribution in [0.1, 0.15) is 30.9 Å². The summed E-state index contributed by atoms with van der Waals surface area (Å²) in [7, 11) is -3.70. The Morgan fingerprint density at radius 1 is 1.12 bits per heavy atom. The molecule has 4 rings (SSSR count). The highest BCUT2D eigenvalue weighted by molar-refractivity contribution is 8.01. The van der Waals surface area contributed by atoms with Gasteiger partial charge in [0.25, 0.3) is 0 Å². The minimum atomic E-state index is -3.70. The number of thioether (sulfide) groups is 1. The largest absolute Gasteiger partial charge is 0.326 e. The summed E-state index contributed by atoms with van der Waals surface area (Å²) in [5, 5.41) is 5.56. The van der Waals surface area contributed by atoms with Crippen LogP contribution in [0, 0.1) is 19.8 Å². The van der Waals surface area contributed by atoms with E-state index in [0.717, 1.165) is 21.7 Å². The Bertz CT molecular complexity index is 1170. The maximum atomic E-state index is 13.2. The number of benzene rings is 2. The first kappa shape index (κ1) is 22.8. The highest BCUT2D eigenvalue weighted by atomic mass is 32.2. The van der Waals surface area contributed by atoms with Crippen molar-refractivity contribution in [1.82, 2.24) is 4.31 Å². The number of nitrogens with zero attached hydrogens (tertiary/aromatic N) is 1. The van der Waals surface area contributed by atoms with Gasteiger partial charge in [0, 0.05) is 29.6 Å². The fraction of sp³-hybridized carbons (Fsp3) is 0.391. The van der Waals surface area contributed by atoms with E-state index < -0.39 is 10.0 Å². The molecule has 0 radical (unpaired) electrons. The normalized spacial score (nSPS) is 19.8. The standard InChI is InChI=1S/C23H27N3O4S2/c1-14-4-6-19(15(2)12-14)24-23(28)17-8-10-26(11-9-17)32(29,30)18-5-7-21-20(13-18)25-22(27)16(3)31-21/h4-7,12-13,16-17H,8-11H2,1-3H3,(H,24,28)(H,25,27)/t16-/m1/s1. The summed E-state index contributed by atoms with van der Waals surface area (Å²) in [6, 6.07) is 10.7. The minimum Gasteiger partial charge on any atom is -0.326 e. The molecule has 2 aliphatic heterocycles. The van der Waals surface area contributed by atoms with Crippen molar-refractivity contribution in [3.05, 3.63) is 47.5 Å². The van der Waals surface area contributed by atoms with Crippen LogP contribution in [0.25, 0.3) is 0 Å². The van der Waals surface area contributed by atoms with Crippen LogP contribution in [0.2, 0.25) is 0 Å². The molecule has 2 aliphatic rings. The second-order valence-electron chi connectivity index (χ2n) is 8.39. The summed E-state index contributed by atoms with van der Waals surface area (Å²) in [6.45, 7) is 6.33. The van der Waals surface area contributed by atoms with Gasteiger partial charge in [0.1, 0.15) is 0 Å². The number of nitrogens with one attached hydrogen (secondary N) is 2. The van der Waals surface area contributed by atoms with Gasteiger partial charge >= 0.3 is 0 Å². The van der Waals surface area contributed by atoms with Gasteiger partial charge in [0.15, 0.2) is 0 Å². The van der Waals surface area contributed by atoms with Gasteiger partial charge in [-0.25, -0.2) is 8.42 Å². The van der Waals surface area contributed by atoms with E-state index in [1.54, 1.807) is 12.1 Å². The second-order valence-corrected chi connectivity index (χ2v) is 11.7. The van der Waals surface area contributed by atoms with Gasteiger partial charge in [0.05, 0.1) is 15.8 Å². The zero-order chi connectivity index (χ0) is 23.0. The molecule has 0 saturated carbocycles. The lowest BCUT2D eigenvalue weighted by molar-refractivity contribution is -0.121. The summed E-state index contributed by atoms with van der Waals surface area (Å²) >= 11 is 1.42. The molecule has 7 nitrogen and oxygen atoms in total. The van der Waals surface area contributed by atoms with E-state index in [9.17, 15) is 18.0 Å². The van der Waals surface area contributed by atoms with E-state index in [4.69, 9.17) is 0 Å². The van der Waals surface area contributed by atoms with Gasteiger partial charge in [-0.15, -0.1) is 11.8 Å². The number of aryl methyl sites for hydroxylation is 2. The van der Waals surface area contributed by atoms with Crippen LogP contribution in [0.4, 0.5) is 11.4 Å². The maximum Gasteiger partial charge on any atom is 0.243 e. The molecule has 0 aliphatic carbocycles. The third-order valence-corrected chi connectivity index (χ3v) is 9.06. The molecule has 9 heteroatoms. The summed E-state index contributed by atoms with van der Waals surface area (Å²) in [5.41, 5.74) is 3.46. The van der Waals surface area contributed by atoms with E-state index >= 15 is 0 Å². The van der Waals surface area contributed by atoms with Crippen LogP contribution in [-0.2, 0) is 19.6 Å². The molecule has 2 N–H and O–H groups in total. The third-order valence-electron chi connectivity index (χ3n) is 5.98. The molecule has 32 heavy (non-hydrogen) atoms. The van der Waals surface area contributed by atoms with E-state index in [1.165, 1.54) is 22.1 Å². The average Bonchev–Trinajstić information content (AvgIpc) is 2.76. The SMILES string of the molecule is Cc1ccc(NC(=O)C2CCN(S(=O)(=O)c3ccc4c(c3)NC(=O)[C@@H](C)S4)CC2)c(C)c1. The van der Waals surface area contributed by atoms with Gasteiger partial charge in [-0.1, -0.05) is 17.7 Å². The molecule has 1 atom stereocenters. The van der Waals surface area contributed by atoms with Crippen LogP contribution in [0.5, 0.6) is 0 Å². The number of rotatable bonds is 4. The number of sulfonamides is 1. The molecule has 0 unspecified atom stereocenters. The van der Waals surface area contributed by atoms with E-state index in [2.05, 4.69) is 10.6 Å². The fourth-order valence-electron chi connectivity index (χ4n) is 4.04. The molecule has 2 aromatic rings. The molecule has 2 aromatic carbocycles. The molecule has 170 valence electrons. The van der Waals surface area contributed by atoms with E-state index in [1.807, 2.05) is 39.0 Å². The van der Waals surface area contributed by atoms with Crippen molar-refractivity contribution in [2.75, 3.05) is 23.7 Å². The number of hydrogen-bond donors (Lipinski definition) is 2. The number of carbonyl (C=O) groups excluding carboxylic acids is 2. The van der Waals surface area contributed by atoms with Crippen LogP contribution in [0.3, 0.4) is 0 Å². The number of amides is 2. The smallest absolute Gasteiger partial charge is 0.243 e. The number of piperidine rings is 1. The van der Waals surface area contributed by atoms with Crippen molar-refractivity contribution in [3.8, 4) is 0 Å². The lowest BCUT2D eigenvalue weighted by Gasteiger charge is -2.31. The lowest BCUT2D eigenvalue weighted by atomic mass is 9.97. The Labute approximate surface area is 193 Å². The first-order valence-corrected chi connectivity index (χ1v) is 13.0. The fourth-order valence-corrected chi connectivity index (χ4v) is 6.47. The summed E-state index contributed by atoms with van der Waals surface area (Å²) in [6.07, 6.45) is 0.927. The Hall–Kier alpha value is -2.36. The zero-order valence-corrected chi connectivity index (χ0v) is 20.0. The molecule has 1 saturated heterocycles. The zero-order valence-electron chi connectivity index (χ0n) is 18.3. The Morgan fingerprint density at radius 3 is 2.53 bits per heavy atom. The van der Waals surface area contributed by atoms with Gasteiger partial charge in [0.2, 0.25) is 21.8 Å². The molecular weight excluding hydrogens is 446 g/mol. The third kappa shape index (κ3) is 4.55. The lowest BCUT2D eigenvalue weighted by Crippen LogP contribution is -2.41. The highest BCUT2D eigenvalue weighted by Gasteiger charge is 2.33. The number of carbonyl (C=O) groups is 2. The second kappa shape index (κ2) is 8.88. The number of fused-ring (bicyclic) bond motifs is 1. The predicted molar refractivity (Wildman–Crippen MR) is 126 cm³/mol. The van der Waals surface area contributed by atoms with Crippen LogP contribution in [-0.4, -0.2) is 42.9 Å². The molecule has 0 spiro atoms. The minimum absolute atomic E-state index is 0.0726. The van der Waals surface area contributed by atoms with Crippen molar-refractivity contribution < 1.29 is 18.0 Å². The van der Waals surface area contributed by atoms with Crippen molar-refractivity contribution in [1.29, 1.82) is 0 Å². The topological polar surface area (TPSA) is 95.6 Å². The van der Waals surface area contributed by atoms with E-state index in [-0.39, 0.29) is 41.0 Å². The van der Waals surface area contributed by atoms with Gasteiger partial charge in [-0.05, 0) is 63.4 Å². The van der Waals surface area contributed by atoms with Crippen LogP contribution < -0.4 is 10.6 Å². The monoisotopic (exact) mass is 473 g/mol. The Morgan fingerprint density at radius 2 is 1.84 bits per heavy atom. The molecule has 1 fully saturated rings. The average molecular weight is 474 g/mol. The molecule has 2 heterocycles. The van der Waals surface area contributed by atoms with Crippen molar-refractivity contribution in [2.45, 2.75) is 48.7 Å². The summed E-state index contributed by atoms with van der Waals surface area (Å²) in [5.74, 6) is -0.438. The molecule has 0 aromatic heterocycles. The van der Waals surface area contributed by atoms with Crippen LogP contribution in [0.15, 0.2) is 46.2 Å². The number of hydrogen-bond acceptors (Lipinski definition) is 5. The molecule has 0 bridgehead atoms. The Kier molecular flexibility index (Phi) is 6.33. The van der Waals surface area contributed by atoms with Crippen LogP contribution >= 0.6 is 11.8 Å². The Balaban J connectivity index is 1.42. The van der Waals surface area contributed by atoms with Gasteiger partial charge < -0.3 is 10.6 Å². The predicted octanol–water partition coefficient (Wildman–Crippen LogP) is 3.78. The molecular formula is C23H27N3O4S2. The van der Waals surface area contributed by atoms with E-state index in [0.29, 0.717) is 18.5 Å². The summed E-state index contributed by atoms with van der Waals surface area (Å²) in [4.78, 5) is 25.7. The first-order chi connectivity index (χ1) is 15.1. The maximum absolute atomic E-state index is 13.2. The van der Waals surface area contributed by atoms with Crippen molar-refractivity contribution in [2.24, 2.45) is 5.92 Å².